The van der Waals surface area contributed by atoms with Crippen molar-refractivity contribution in [2.45, 2.75) is 39.5 Å². The molecule has 0 bridgehead atoms. The summed E-state index contributed by atoms with van der Waals surface area (Å²) < 4.78 is 0. The van der Waals surface area contributed by atoms with E-state index in [1.807, 2.05) is 0 Å². The van der Waals surface area contributed by atoms with Gasteiger partial charge in [-0.05, 0) is 30.8 Å². The van der Waals surface area contributed by atoms with Gasteiger partial charge in [0.15, 0.2) is 5.78 Å². The van der Waals surface area contributed by atoms with Crippen molar-refractivity contribution in [3.8, 4) is 0 Å². The van der Waals surface area contributed by atoms with Crippen molar-refractivity contribution in [2.75, 3.05) is 0 Å². The van der Waals surface area contributed by atoms with E-state index >= 15 is 0 Å². The van der Waals surface area contributed by atoms with Gasteiger partial charge < -0.3 is 0 Å². The van der Waals surface area contributed by atoms with Crippen LogP contribution in [0.3, 0.4) is 0 Å². The highest BCUT2D eigenvalue weighted by atomic mass is 16.1. The Bertz CT molecular complexity index is 177. The Morgan fingerprint density at radius 3 is 2.73 bits per heavy atom. The van der Waals surface area contributed by atoms with Gasteiger partial charge in [0.1, 0.15) is 0 Å². The van der Waals surface area contributed by atoms with Gasteiger partial charge in [-0.1, -0.05) is 19.9 Å². The van der Waals surface area contributed by atoms with Gasteiger partial charge in [0.25, 0.3) is 0 Å². The lowest BCUT2D eigenvalue weighted by atomic mass is 10.0. The molecule has 62 valence electrons. The van der Waals surface area contributed by atoms with Gasteiger partial charge in [0.2, 0.25) is 0 Å². The van der Waals surface area contributed by atoms with Gasteiger partial charge in [-0.3, -0.25) is 4.79 Å². The largest absolute Gasteiger partial charge is 0.295 e. The van der Waals surface area contributed by atoms with Crippen LogP contribution in [0.2, 0.25) is 0 Å². The third-order valence-corrected chi connectivity index (χ3v) is 2.11. The molecular weight excluding hydrogens is 136 g/mol. The van der Waals surface area contributed by atoms with E-state index in [0.717, 1.165) is 31.3 Å². The zero-order chi connectivity index (χ0) is 8.27. The first kappa shape index (κ1) is 8.51. The highest BCUT2D eigenvalue weighted by Gasteiger charge is 2.14. The monoisotopic (exact) mass is 152 g/mol. The number of rotatable bonds is 3. The fourth-order valence-electron chi connectivity index (χ4n) is 1.34. The Hall–Kier alpha value is -0.590. The maximum Gasteiger partial charge on any atom is 0.158 e. The maximum atomic E-state index is 11.1. The van der Waals surface area contributed by atoms with E-state index in [0.29, 0.717) is 11.7 Å². The van der Waals surface area contributed by atoms with E-state index in [9.17, 15) is 4.79 Å². The van der Waals surface area contributed by atoms with Crippen LogP contribution < -0.4 is 0 Å². The lowest BCUT2D eigenvalue weighted by Crippen LogP contribution is -1.97. The number of allylic oxidation sites excluding steroid dienone is 2. The number of carbonyl (C=O) groups excluding carboxylic acids is 1. The van der Waals surface area contributed by atoms with Crippen LogP contribution in [0.1, 0.15) is 39.5 Å². The molecule has 0 saturated carbocycles. The van der Waals surface area contributed by atoms with E-state index in [2.05, 4.69) is 19.9 Å². The predicted molar refractivity (Wildman–Crippen MR) is 46.4 cm³/mol. The zero-order valence-corrected chi connectivity index (χ0v) is 7.39. The van der Waals surface area contributed by atoms with Gasteiger partial charge in [-0.2, -0.15) is 0 Å². The first-order valence-electron chi connectivity index (χ1n) is 4.42. The van der Waals surface area contributed by atoms with Gasteiger partial charge in [-0.15, -0.1) is 0 Å². The van der Waals surface area contributed by atoms with E-state index in [1.165, 1.54) is 0 Å². The van der Waals surface area contributed by atoms with Crippen LogP contribution in [-0.4, -0.2) is 5.78 Å². The minimum Gasteiger partial charge on any atom is -0.295 e. The minimum atomic E-state index is 0.380. The summed E-state index contributed by atoms with van der Waals surface area (Å²) in [6.07, 6.45) is 5.98. The topological polar surface area (TPSA) is 17.1 Å². The lowest BCUT2D eigenvalue weighted by molar-refractivity contribution is -0.115. The Labute approximate surface area is 68.5 Å². The summed E-state index contributed by atoms with van der Waals surface area (Å²) in [4.78, 5) is 11.1. The molecule has 0 saturated heterocycles. The molecule has 0 heterocycles. The van der Waals surface area contributed by atoms with Crippen LogP contribution in [0.5, 0.6) is 0 Å². The van der Waals surface area contributed by atoms with E-state index < -0.39 is 0 Å². The summed E-state index contributed by atoms with van der Waals surface area (Å²) in [5, 5.41) is 0. The van der Waals surface area contributed by atoms with Crippen molar-refractivity contribution >= 4 is 5.78 Å². The summed E-state index contributed by atoms with van der Waals surface area (Å²) >= 11 is 0. The Kier molecular flexibility index (Phi) is 2.86. The van der Waals surface area contributed by atoms with Crippen LogP contribution in [0.25, 0.3) is 0 Å². The maximum absolute atomic E-state index is 11.1. The first-order chi connectivity index (χ1) is 5.20. The summed E-state index contributed by atoms with van der Waals surface area (Å²) in [6.45, 7) is 4.39. The predicted octanol–water partition coefficient (Wildman–Crippen LogP) is 2.71. The second-order valence-electron chi connectivity index (χ2n) is 3.62. The van der Waals surface area contributed by atoms with E-state index in [4.69, 9.17) is 0 Å². The number of hydrogen-bond acceptors (Lipinski definition) is 1. The van der Waals surface area contributed by atoms with Gasteiger partial charge in [0.05, 0.1) is 0 Å². The Balaban J connectivity index is 2.31. The molecule has 0 spiro atoms. The molecular formula is C10H16O. The molecule has 11 heavy (non-hydrogen) atoms. The molecule has 0 N–H and O–H groups in total. The second-order valence-corrected chi connectivity index (χ2v) is 3.62. The van der Waals surface area contributed by atoms with Crippen molar-refractivity contribution in [1.29, 1.82) is 0 Å². The van der Waals surface area contributed by atoms with Crippen LogP contribution in [0.4, 0.5) is 0 Å². The standard InChI is InChI=1S/C10H16O/c1-8(2)6-7-9-4-3-5-10(9)11/h4,8H,3,5-7H2,1-2H3. The number of ketones is 1. The van der Waals surface area contributed by atoms with E-state index in [-0.39, 0.29) is 0 Å². The quantitative estimate of drug-likeness (QED) is 0.607. The van der Waals surface area contributed by atoms with Crippen molar-refractivity contribution < 1.29 is 4.79 Å². The molecule has 1 heteroatoms. The van der Waals surface area contributed by atoms with E-state index in [1.54, 1.807) is 0 Å². The SMILES string of the molecule is CC(C)CCC1=CCCC1=O. The number of Topliss-reactive ketones (excluding diaryl/α,β-unsaturated/α-hetero) is 1. The summed E-state index contributed by atoms with van der Waals surface area (Å²) in [5.41, 5.74) is 1.08. The van der Waals surface area contributed by atoms with Crippen molar-refractivity contribution in [3.05, 3.63) is 11.6 Å². The van der Waals surface area contributed by atoms with Crippen LogP contribution in [0.15, 0.2) is 11.6 Å². The first-order valence-corrected chi connectivity index (χ1v) is 4.42. The molecule has 0 aromatic carbocycles. The van der Waals surface area contributed by atoms with Crippen LogP contribution in [0, 0.1) is 5.92 Å². The Morgan fingerprint density at radius 2 is 2.27 bits per heavy atom. The molecule has 0 aromatic heterocycles. The second kappa shape index (κ2) is 3.70. The highest BCUT2D eigenvalue weighted by molar-refractivity contribution is 5.97. The number of hydrogen-bond donors (Lipinski definition) is 0. The average Bonchev–Trinajstić information content (AvgIpc) is 2.31. The molecule has 0 amide bonds. The van der Waals surface area contributed by atoms with Crippen molar-refractivity contribution in [2.24, 2.45) is 5.92 Å². The Morgan fingerprint density at radius 1 is 1.55 bits per heavy atom. The fraction of sp³-hybridized carbons (Fsp3) is 0.700. The third-order valence-electron chi connectivity index (χ3n) is 2.11. The van der Waals surface area contributed by atoms with Crippen molar-refractivity contribution in [1.82, 2.24) is 0 Å². The molecule has 0 unspecified atom stereocenters. The molecule has 0 aliphatic heterocycles. The summed E-state index contributed by atoms with van der Waals surface area (Å²) in [6, 6.07) is 0. The van der Waals surface area contributed by atoms with Crippen molar-refractivity contribution in [3.63, 3.8) is 0 Å². The summed E-state index contributed by atoms with van der Waals surface area (Å²) in [5.74, 6) is 1.09. The molecule has 0 aromatic rings. The molecule has 1 aliphatic rings. The molecule has 0 fully saturated rings. The third kappa shape index (κ3) is 2.49. The zero-order valence-electron chi connectivity index (χ0n) is 7.39. The number of carbonyl (C=O) groups is 1. The van der Waals surface area contributed by atoms with Gasteiger partial charge >= 0.3 is 0 Å². The molecule has 1 aliphatic carbocycles. The van der Waals surface area contributed by atoms with Crippen LogP contribution >= 0.6 is 0 Å². The molecule has 1 rings (SSSR count). The fourth-order valence-corrected chi connectivity index (χ4v) is 1.34. The normalized spacial score (nSPS) is 17.7. The molecule has 0 radical (unpaired) electrons. The molecule has 1 nitrogen and oxygen atoms in total. The van der Waals surface area contributed by atoms with Gasteiger partial charge in [-0.25, -0.2) is 0 Å². The van der Waals surface area contributed by atoms with Gasteiger partial charge in [0, 0.05) is 6.42 Å². The van der Waals surface area contributed by atoms with Crippen LogP contribution in [-0.2, 0) is 4.79 Å². The molecule has 0 atom stereocenters. The average molecular weight is 152 g/mol. The smallest absolute Gasteiger partial charge is 0.158 e. The minimum absolute atomic E-state index is 0.380. The highest BCUT2D eigenvalue weighted by Crippen LogP contribution is 2.20. The lowest BCUT2D eigenvalue weighted by Gasteiger charge is -2.03. The summed E-state index contributed by atoms with van der Waals surface area (Å²) in [7, 11) is 0.